The third-order valence-corrected chi connectivity index (χ3v) is 2.89. The zero-order chi connectivity index (χ0) is 12.6. The Morgan fingerprint density at radius 3 is 2.65 bits per heavy atom. The summed E-state index contributed by atoms with van der Waals surface area (Å²) in [6, 6.07) is 5.26. The van der Waals surface area contributed by atoms with Crippen molar-refractivity contribution < 1.29 is 15.0 Å². The maximum absolute atomic E-state index is 10.9. The highest BCUT2D eigenvalue weighted by atomic mass is 16.4. The third kappa shape index (κ3) is 1.91. The summed E-state index contributed by atoms with van der Waals surface area (Å²) in [5.41, 5.74) is 1.96. The minimum Gasteiger partial charge on any atom is -0.478 e. The predicted molar refractivity (Wildman–Crippen MR) is 65.2 cm³/mol. The van der Waals surface area contributed by atoms with Crippen LogP contribution in [-0.2, 0) is 6.61 Å². The Morgan fingerprint density at radius 2 is 2.12 bits per heavy atom. The molecule has 0 saturated carbocycles. The van der Waals surface area contributed by atoms with Gasteiger partial charge >= 0.3 is 5.97 Å². The molecule has 4 nitrogen and oxygen atoms in total. The molecule has 0 spiro atoms. The van der Waals surface area contributed by atoms with E-state index in [1.807, 2.05) is 24.6 Å². The molecular weight excluding hydrogens is 218 g/mol. The second-order valence-electron chi connectivity index (χ2n) is 4.35. The number of aliphatic hydroxyl groups excluding tert-OH is 1. The first kappa shape index (κ1) is 11.7. The van der Waals surface area contributed by atoms with E-state index in [2.05, 4.69) is 0 Å². The van der Waals surface area contributed by atoms with Gasteiger partial charge in [-0.05, 0) is 32.0 Å². The van der Waals surface area contributed by atoms with Crippen LogP contribution in [0.2, 0.25) is 0 Å². The number of carbonyl (C=O) groups is 1. The molecule has 0 aliphatic heterocycles. The number of carboxylic acids is 1. The van der Waals surface area contributed by atoms with Gasteiger partial charge in [-0.15, -0.1) is 0 Å². The van der Waals surface area contributed by atoms with Crippen LogP contribution in [0.4, 0.5) is 0 Å². The molecule has 90 valence electrons. The number of aromatic carboxylic acids is 1. The van der Waals surface area contributed by atoms with Crippen LogP contribution in [0.25, 0.3) is 10.9 Å². The van der Waals surface area contributed by atoms with Crippen LogP contribution in [0.1, 0.15) is 35.8 Å². The maximum Gasteiger partial charge on any atom is 0.335 e. The van der Waals surface area contributed by atoms with Crippen molar-refractivity contribution >= 4 is 16.9 Å². The minimum absolute atomic E-state index is 0.0840. The van der Waals surface area contributed by atoms with Crippen LogP contribution >= 0.6 is 0 Å². The van der Waals surface area contributed by atoms with E-state index in [1.165, 1.54) is 0 Å². The second kappa shape index (κ2) is 4.22. The van der Waals surface area contributed by atoms with E-state index < -0.39 is 5.97 Å². The van der Waals surface area contributed by atoms with Crippen LogP contribution in [0.3, 0.4) is 0 Å². The van der Waals surface area contributed by atoms with Crippen LogP contribution < -0.4 is 0 Å². The third-order valence-electron chi connectivity index (χ3n) is 2.89. The number of aliphatic hydroxyl groups is 1. The Balaban J connectivity index is 2.72. The van der Waals surface area contributed by atoms with Gasteiger partial charge in [0, 0.05) is 28.7 Å². The first-order chi connectivity index (χ1) is 8.04. The summed E-state index contributed by atoms with van der Waals surface area (Å²) in [7, 11) is 0. The van der Waals surface area contributed by atoms with Gasteiger partial charge < -0.3 is 14.8 Å². The van der Waals surface area contributed by atoms with E-state index >= 15 is 0 Å². The maximum atomic E-state index is 10.9. The Hall–Kier alpha value is -1.81. The van der Waals surface area contributed by atoms with Gasteiger partial charge in [0.15, 0.2) is 0 Å². The van der Waals surface area contributed by atoms with Gasteiger partial charge in [-0.3, -0.25) is 0 Å². The molecular formula is C13H15NO3. The average Bonchev–Trinajstić information content (AvgIpc) is 2.66. The smallest absolute Gasteiger partial charge is 0.335 e. The van der Waals surface area contributed by atoms with Crippen LogP contribution in [0.5, 0.6) is 0 Å². The average molecular weight is 233 g/mol. The minimum atomic E-state index is -0.951. The van der Waals surface area contributed by atoms with E-state index in [4.69, 9.17) is 5.11 Å². The van der Waals surface area contributed by atoms with Crippen molar-refractivity contribution in [2.75, 3.05) is 0 Å². The number of rotatable bonds is 3. The molecule has 17 heavy (non-hydrogen) atoms. The van der Waals surface area contributed by atoms with E-state index in [9.17, 15) is 9.90 Å². The van der Waals surface area contributed by atoms with Crippen molar-refractivity contribution in [2.24, 2.45) is 0 Å². The second-order valence-corrected chi connectivity index (χ2v) is 4.35. The molecule has 0 amide bonds. The fraction of sp³-hybridized carbons (Fsp3) is 0.308. The molecule has 1 aromatic heterocycles. The summed E-state index contributed by atoms with van der Waals surface area (Å²) in [4.78, 5) is 10.9. The van der Waals surface area contributed by atoms with Crippen molar-refractivity contribution in [3.63, 3.8) is 0 Å². The number of carboxylic acid groups (broad SMARTS) is 1. The van der Waals surface area contributed by atoms with Gasteiger partial charge in [-0.25, -0.2) is 4.79 Å². The Labute approximate surface area is 99.1 Å². The number of benzene rings is 1. The lowest BCUT2D eigenvalue weighted by Crippen LogP contribution is -1.99. The lowest BCUT2D eigenvalue weighted by Gasteiger charge is -2.08. The molecule has 2 rings (SSSR count). The molecule has 0 unspecified atom stereocenters. The van der Waals surface area contributed by atoms with Gasteiger partial charge in [0.1, 0.15) is 0 Å². The number of fused-ring (bicyclic) bond motifs is 1. The molecule has 0 radical (unpaired) electrons. The van der Waals surface area contributed by atoms with Gasteiger partial charge in [0.25, 0.3) is 0 Å². The standard InChI is InChI=1S/C13H15NO3/c1-8(2)14-6-10(7-15)11-5-9(13(16)17)3-4-12(11)14/h3-6,8,15H,7H2,1-2H3,(H,16,17). The number of hydrogen-bond acceptors (Lipinski definition) is 2. The molecule has 1 heterocycles. The van der Waals surface area contributed by atoms with Crippen molar-refractivity contribution in [3.05, 3.63) is 35.5 Å². The van der Waals surface area contributed by atoms with Gasteiger partial charge in [0.2, 0.25) is 0 Å². The van der Waals surface area contributed by atoms with E-state index in [0.717, 1.165) is 16.5 Å². The number of aromatic nitrogens is 1. The summed E-state index contributed by atoms with van der Waals surface area (Å²) < 4.78 is 2.03. The number of nitrogens with zero attached hydrogens (tertiary/aromatic N) is 1. The summed E-state index contributed by atoms with van der Waals surface area (Å²) >= 11 is 0. The first-order valence-electron chi connectivity index (χ1n) is 5.52. The largest absolute Gasteiger partial charge is 0.478 e. The molecule has 0 saturated heterocycles. The monoisotopic (exact) mass is 233 g/mol. The molecule has 2 N–H and O–H groups in total. The molecule has 0 aliphatic rings. The van der Waals surface area contributed by atoms with Gasteiger partial charge in [-0.1, -0.05) is 0 Å². The van der Waals surface area contributed by atoms with Gasteiger partial charge in [0.05, 0.1) is 12.2 Å². The lowest BCUT2D eigenvalue weighted by molar-refractivity contribution is 0.0697. The molecule has 0 bridgehead atoms. The van der Waals surface area contributed by atoms with Crippen molar-refractivity contribution in [3.8, 4) is 0 Å². The van der Waals surface area contributed by atoms with E-state index in [1.54, 1.807) is 18.2 Å². The molecule has 0 atom stereocenters. The Kier molecular flexibility index (Phi) is 2.90. The highest BCUT2D eigenvalue weighted by Crippen LogP contribution is 2.25. The van der Waals surface area contributed by atoms with Crippen LogP contribution in [0.15, 0.2) is 24.4 Å². The summed E-state index contributed by atoms with van der Waals surface area (Å²) in [5.74, 6) is -0.951. The summed E-state index contributed by atoms with van der Waals surface area (Å²) in [5, 5.41) is 19.1. The molecule has 0 fully saturated rings. The highest BCUT2D eigenvalue weighted by molar-refractivity contribution is 5.95. The Morgan fingerprint density at radius 1 is 1.41 bits per heavy atom. The molecule has 0 aliphatic carbocycles. The zero-order valence-electron chi connectivity index (χ0n) is 9.84. The van der Waals surface area contributed by atoms with Crippen molar-refractivity contribution in [2.45, 2.75) is 26.5 Å². The molecule has 2 aromatic rings. The lowest BCUT2D eigenvalue weighted by atomic mass is 10.1. The first-order valence-corrected chi connectivity index (χ1v) is 5.52. The molecule has 1 aromatic carbocycles. The highest BCUT2D eigenvalue weighted by Gasteiger charge is 2.12. The fourth-order valence-electron chi connectivity index (χ4n) is 2.01. The Bertz CT molecular complexity index is 569. The summed E-state index contributed by atoms with van der Waals surface area (Å²) in [6.45, 7) is 4.01. The van der Waals surface area contributed by atoms with E-state index in [0.29, 0.717) is 0 Å². The SMILES string of the molecule is CC(C)n1cc(CO)c2cc(C(=O)O)ccc21. The van der Waals surface area contributed by atoms with Crippen LogP contribution in [-0.4, -0.2) is 20.7 Å². The van der Waals surface area contributed by atoms with E-state index in [-0.39, 0.29) is 18.2 Å². The van der Waals surface area contributed by atoms with Crippen molar-refractivity contribution in [1.82, 2.24) is 4.57 Å². The summed E-state index contributed by atoms with van der Waals surface area (Å²) in [6.07, 6.45) is 1.88. The predicted octanol–water partition coefficient (Wildman–Crippen LogP) is 2.41. The van der Waals surface area contributed by atoms with Crippen LogP contribution in [0, 0.1) is 0 Å². The van der Waals surface area contributed by atoms with Gasteiger partial charge in [-0.2, -0.15) is 0 Å². The zero-order valence-corrected chi connectivity index (χ0v) is 9.84. The van der Waals surface area contributed by atoms with Crippen molar-refractivity contribution in [1.29, 1.82) is 0 Å². The normalized spacial score (nSPS) is 11.3. The quantitative estimate of drug-likeness (QED) is 0.855. The number of hydrogen-bond donors (Lipinski definition) is 2. The topological polar surface area (TPSA) is 62.5 Å². The fourth-order valence-corrected chi connectivity index (χ4v) is 2.01. The molecule has 4 heteroatoms.